The number of nitrogens with zero attached hydrogens (tertiary/aromatic N) is 3. The van der Waals surface area contributed by atoms with Gasteiger partial charge in [0.1, 0.15) is 0 Å². The van der Waals surface area contributed by atoms with E-state index in [1.54, 1.807) is 7.11 Å². The van der Waals surface area contributed by atoms with Crippen molar-refractivity contribution >= 4 is 5.82 Å². The van der Waals surface area contributed by atoms with E-state index in [2.05, 4.69) is 15.4 Å². The monoisotopic (exact) mass is 290 g/mol. The van der Waals surface area contributed by atoms with Gasteiger partial charge in [0.25, 0.3) is 0 Å². The molecule has 114 valence electrons. The first-order chi connectivity index (χ1) is 10.1. The number of ether oxygens (including phenoxy) is 1. The molecule has 6 nitrogen and oxygen atoms in total. The zero-order valence-electron chi connectivity index (χ0n) is 13.0. The molecule has 0 aliphatic heterocycles. The Morgan fingerprint density at radius 1 is 1.29 bits per heavy atom. The fourth-order valence-electron chi connectivity index (χ4n) is 2.31. The number of aryl methyl sites for hydroxylation is 2. The summed E-state index contributed by atoms with van der Waals surface area (Å²) in [6.45, 7) is 7.14. The van der Waals surface area contributed by atoms with Crippen LogP contribution in [0.5, 0.6) is 5.75 Å². The zero-order valence-corrected chi connectivity index (χ0v) is 13.0. The number of hydrogen-bond donors (Lipinski definition) is 2. The van der Waals surface area contributed by atoms with Gasteiger partial charge in [-0.3, -0.25) is 4.68 Å². The van der Waals surface area contributed by atoms with Gasteiger partial charge in [-0.25, -0.2) is 4.98 Å². The van der Waals surface area contributed by atoms with Crippen LogP contribution < -0.4 is 10.1 Å². The van der Waals surface area contributed by atoms with Crippen molar-refractivity contribution in [2.75, 3.05) is 19.0 Å². The number of pyridine rings is 1. The minimum Gasteiger partial charge on any atom is -0.493 e. The van der Waals surface area contributed by atoms with E-state index in [1.165, 1.54) is 0 Å². The standard InChI is InChI=1S/C15H22N4O2/c1-10-5-6-14(21-4)15(17-10)16-9-13-11(2)18-19(7-8-20)12(13)3/h5-6,20H,7-9H2,1-4H3,(H,16,17). The molecule has 0 aliphatic carbocycles. The average Bonchev–Trinajstić information content (AvgIpc) is 2.72. The number of anilines is 1. The summed E-state index contributed by atoms with van der Waals surface area (Å²) in [5.41, 5.74) is 4.07. The lowest BCUT2D eigenvalue weighted by Crippen LogP contribution is -2.08. The Hall–Kier alpha value is -2.08. The van der Waals surface area contributed by atoms with E-state index < -0.39 is 0 Å². The van der Waals surface area contributed by atoms with Gasteiger partial charge in [0.05, 0.1) is 26.0 Å². The molecule has 2 heterocycles. The first kappa shape index (κ1) is 15.3. The maximum atomic E-state index is 9.05. The van der Waals surface area contributed by atoms with Gasteiger partial charge in [-0.05, 0) is 32.9 Å². The lowest BCUT2D eigenvalue weighted by molar-refractivity contribution is 0.268. The number of aromatic nitrogens is 3. The molecule has 0 bridgehead atoms. The Labute approximate surface area is 124 Å². The highest BCUT2D eigenvalue weighted by molar-refractivity contribution is 5.51. The SMILES string of the molecule is COc1ccc(C)nc1NCc1c(C)nn(CCO)c1C. The molecule has 0 spiro atoms. The number of methoxy groups -OCH3 is 1. The molecule has 2 aromatic rings. The summed E-state index contributed by atoms with van der Waals surface area (Å²) >= 11 is 0. The minimum absolute atomic E-state index is 0.0854. The summed E-state index contributed by atoms with van der Waals surface area (Å²) in [6, 6.07) is 3.82. The minimum atomic E-state index is 0.0854. The third-order valence-electron chi connectivity index (χ3n) is 3.49. The van der Waals surface area contributed by atoms with Gasteiger partial charge in [-0.1, -0.05) is 0 Å². The fraction of sp³-hybridized carbons (Fsp3) is 0.467. The van der Waals surface area contributed by atoms with Gasteiger partial charge in [0, 0.05) is 23.5 Å². The molecule has 0 amide bonds. The summed E-state index contributed by atoms with van der Waals surface area (Å²) in [7, 11) is 1.63. The van der Waals surface area contributed by atoms with E-state index in [-0.39, 0.29) is 6.61 Å². The summed E-state index contributed by atoms with van der Waals surface area (Å²) in [6.07, 6.45) is 0. The van der Waals surface area contributed by atoms with Gasteiger partial charge < -0.3 is 15.2 Å². The van der Waals surface area contributed by atoms with Crippen molar-refractivity contribution in [2.45, 2.75) is 33.9 Å². The first-order valence-electron chi connectivity index (χ1n) is 6.96. The molecule has 2 aromatic heterocycles. The second-order valence-corrected chi connectivity index (χ2v) is 4.95. The van der Waals surface area contributed by atoms with Crippen LogP contribution in [0.2, 0.25) is 0 Å². The second-order valence-electron chi connectivity index (χ2n) is 4.95. The summed E-state index contributed by atoms with van der Waals surface area (Å²) in [5, 5.41) is 16.8. The molecule has 2 rings (SSSR count). The second kappa shape index (κ2) is 6.58. The molecular formula is C15H22N4O2. The number of rotatable bonds is 6. The number of aliphatic hydroxyl groups is 1. The Morgan fingerprint density at radius 3 is 2.71 bits per heavy atom. The van der Waals surface area contributed by atoms with E-state index in [9.17, 15) is 0 Å². The van der Waals surface area contributed by atoms with Crippen LogP contribution in [0.4, 0.5) is 5.82 Å². The Kier molecular flexibility index (Phi) is 4.80. The van der Waals surface area contributed by atoms with Crippen LogP contribution in [0.1, 0.15) is 22.6 Å². The van der Waals surface area contributed by atoms with Crippen molar-refractivity contribution in [3.05, 3.63) is 34.8 Å². The van der Waals surface area contributed by atoms with E-state index in [1.807, 2.05) is 37.6 Å². The fourth-order valence-corrected chi connectivity index (χ4v) is 2.31. The van der Waals surface area contributed by atoms with Crippen LogP contribution in [0.15, 0.2) is 12.1 Å². The Bertz CT molecular complexity index is 622. The topological polar surface area (TPSA) is 72.2 Å². The third kappa shape index (κ3) is 3.33. The molecular weight excluding hydrogens is 268 g/mol. The maximum absolute atomic E-state index is 9.05. The number of nitrogens with one attached hydrogen (secondary N) is 1. The average molecular weight is 290 g/mol. The first-order valence-corrected chi connectivity index (χ1v) is 6.96. The van der Waals surface area contributed by atoms with Crippen molar-refractivity contribution in [2.24, 2.45) is 0 Å². The van der Waals surface area contributed by atoms with Gasteiger partial charge >= 0.3 is 0 Å². The molecule has 0 aromatic carbocycles. The number of hydrogen-bond acceptors (Lipinski definition) is 5. The van der Waals surface area contributed by atoms with E-state index in [4.69, 9.17) is 9.84 Å². The van der Waals surface area contributed by atoms with Crippen molar-refractivity contribution in [1.29, 1.82) is 0 Å². The van der Waals surface area contributed by atoms with Crippen molar-refractivity contribution in [3.8, 4) is 5.75 Å². The van der Waals surface area contributed by atoms with Gasteiger partial charge in [-0.15, -0.1) is 0 Å². The Morgan fingerprint density at radius 2 is 2.05 bits per heavy atom. The molecule has 0 aliphatic rings. The van der Waals surface area contributed by atoms with E-state index >= 15 is 0 Å². The molecule has 0 atom stereocenters. The van der Waals surface area contributed by atoms with Crippen LogP contribution >= 0.6 is 0 Å². The molecule has 0 unspecified atom stereocenters. The number of aliphatic hydroxyl groups excluding tert-OH is 1. The van der Waals surface area contributed by atoms with Crippen LogP contribution in [0.25, 0.3) is 0 Å². The molecule has 2 N–H and O–H groups in total. The van der Waals surface area contributed by atoms with Crippen LogP contribution in [0, 0.1) is 20.8 Å². The van der Waals surface area contributed by atoms with Crippen molar-refractivity contribution in [1.82, 2.24) is 14.8 Å². The van der Waals surface area contributed by atoms with Crippen LogP contribution in [-0.4, -0.2) is 33.6 Å². The van der Waals surface area contributed by atoms with E-state index in [0.717, 1.165) is 34.2 Å². The lowest BCUT2D eigenvalue weighted by Gasteiger charge is -2.11. The molecule has 21 heavy (non-hydrogen) atoms. The van der Waals surface area contributed by atoms with Gasteiger partial charge in [0.15, 0.2) is 11.6 Å². The normalized spacial score (nSPS) is 10.7. The molecule has 0 fully saturated rings. The predicted molar refractivity (Wildman–Crippen MR) is 81.6 cm³/mol. The largest absolute Gasteiger partial charge is 0.493 e. The van der Waals surface area contributed by atoms with Crippen molar-refractivity contribution in [3.63, 3.8) is 0 Å². The van der Waals surface area contributed by atoms with Gasteiger partial charge in [-0.2, -0.15) is 5.10 Å². The molecule has 0 saturated carbocycles. The lowest BCUT2D eigenvalue weighted by atomic mass is 10.2. The van der Waals surface area contributed by atoms with Crippen molar-refractivity contribution < 1.29 is 9.84 Å². The molecule has 0 radical (unpaired) electrons. The molecule has 6 heteroatoms. The highest BCUT2D eigenvalue weighted by Gasteiger charge is 2.12. The predicted octanol–water partition coefficient (Wildman–Crippen LogP) is 1.82. The molecule has 0 saturated heterocycles. The Balaban J connectivity index is 2.18. The van der Waals surface area contributed by atoms with Gasteiger partial charge in [0.2, 0.25) is 0 Å². The van der Waals surface area contributed by atoms with Crippen LogP contribution in [-0.2, 0) is 13.1 Å². The van der Waals surface area contributed by atoms with Crippen LogP contribution in [0.3, 0.4) is 0 Å². The summed E-state index contributed by atoms with van der Waals surface area (Å²) < 4.78 is 7.14. The third-order valence-corrected chi connectivity index (χ3v) is 3.49. The quantitative estimate of drug-likeness (QED) is 0.849. The summed E-state index contributed by atoms with van der Waals surface area (Å²) in [5.74, 6) is 1.45. The highest BCUT2D eigenvalue weighted by atomic mass is 16.5. The van der Waals surface area contributed by atoms with E-state index in [0.29, 0.717) is 13.1 Å². The zero-order chi connectivity index (χ0) is 15.4. The highest BCUT2D eigenvalue weighted by Crippen LogP contribution is 2.23. The summed E-state index contributed by atoms with van der Waals surface area (Å²) in [4.78, 5) is 4.46. The maximum Gasteiger partial charge on any atom is 0.169 e. The smallest absolute Gasteiger partial charge is 0.169 e.